The smallest absolute Gasteiger partial charge is 0.126 e. The lowest BCUT2D eigenvalue weighted by Crippen LogP contribution is -2.00. The van der Waals surface area contributed by atoms with Gasteiger partial charge in [0, 0.05) is 10.6 Å². The molecule has 0 aliphatic carbocycles. The van der Waals surface area contributed by atoms with E-state index in [1.807, 2.05) is 6.92 Å². The van der Waals surface area contributed by atoms with Crippen molar-refractivity contribution in [1.29, 1.82) is 0 Å². The summed E-state index contributed by atoms with van der Waals surface area (Å²) in [6, 6.07) is 5.20. The van der Waals surface area contributed by atoms with Crippen molar-refractivity contribution in [2.45, 2.75) is 19.4 Å². The highest BCUT2D eigenvalue weighted by Gasteiger charge is 2.13. The molecule has 1 N–H and O–H groups in total. The van der Waals surface area contributed by atoms with Gasteiger partial charge in [0.05, 0.1) is 13.2 Å². The van der Waals surface area contributed by atoms with Gasteiger partial charge in [0.2, 0.25) is 0 Å². The molecule has 1 aromatic rings. The van der Waals surface area contributed by atoms with Crippen LogP contribution in [-0.4, -0.2) is 12.2 Å². The van der Waals surface area contributed by atoms with Crippen LogP contribution in [0, 0.1) is 0 Å². The van der Waals surface area contributed by atoms with E-state index >= 15 is 0 Å². The average Bonchev–Trinajstić information content (AvgIpc) is 2.16. The molecule has 0 aliphatic heterocycles. The van der Waals surface area contributed by atoms with Crippen LogP contribution in [0.2, 0.25) is 5.02 Å². The van der Waals surface area contributed by atoms with Crippen molar-refractivity contribution in [3.05, 3.63) is 40.9 Å². The van der Waals surface area contributed by atoms with E-state index in [1.165, 1.54) is 0 Å². The number of halogens is 1. The zero-order chi connectivity index (χ0) is 11.4. The Morgan fingerprint density at radius 2 is 2.27 bits per heavy atom. The van der Waals surface area contributed by atoms with Gasteiger partial charge in [0.15, 0.2) is 0 Å². The number of hydrogen-bond donors (Lipinski definition) is 1. The van der Waals surface area contributed by atoms with Gasteiger partial charge in [-0.2, -0.15) is 0 Å². The van der Waals surface area contributed by atoms with Crippen LogP contribution in [0.1, 0.15) is 25.0 Å². The van der Waals surface area contributed by atoms with E-state index in [-0.39, 0.29) is 0 Å². The number of hydrogen-bond acceptors (Lipinski definition) is 2. The topological polar surface area (TPSA) is 29.5 Å². The van der Waals surface area contributed by atoms with E-state index in [9.17, 15) is 5.11 Å². The zero-order valence-electron chi connectivity index (χ0n) is 8.96. The Balaban J connectivity index is 2.97. The number of aliphatic hydroxyl groups excluding tert-OH is 1. The third-order valence-corrected chi connectivity index (χ3v) is 2.33. The fourth-order valence-corrected chi connectivity index (χ4v) is 1.56. The molecular weight excluding hydrogens is 212 g/mol. The van der Waals surface area contributed by atoms with Crippen LogP contribution in [0.5, 0.6) is 5.75 Å². The summed E-state index contributed by atoms with van der Waals surface area (Å²) in [6.07, 6.45) is -0.0624. The predicted molar refractivity (Wildman–Crippen MR) is 62.4 cm³/mol. The Kier molecular flexibility index (Phi) is 4.18. The summed E-state index contributed by atoms with van der Waals surface area (Å²) in [6.45, 7) is 5.65. The molecular formula is C12H15ClO2. The molecule has 0 aliphatic rings. The molecule has 0 spiro atoms. The lowest BCUT2D eigenvalue weighted by atomic mass is 10.0. The molecule has 2 nitrogen and oxygen atoms in total. The Bertz CT molecular complexity index is 361. The highest BCUT2D eigenvalue weighted by molar-refractivity contribution is 6.30. The molecule has 3 heteroatoms. The van der Waals surface area contributed by atoms with Gasteiger partial charge in [-0.3, -0.25) is 0 Å². The Morgan fingerprint density at radius 3 is 2.80 bits per heavy atom. The van der Waals surface area contributed by atoms with Gasteiger partial charge in [0.25, 0.3) is 0 Å². The van der Waals surface area contributed by atoms with Crippen molar-refractivity contribution >= 4 is 11.6 Å². The standard InChI is InChI=1S/C12H15ClO2/c1-8(2)6-11(14)10-5-4-9(13)7-12(10)15-3/h4-5,7,11,14H,1,6H2,2-3H3. The van der Waals surface area contributed by atoms with Gasteiger partial charge in [-0.25, -0.2) is 0 Å². The number of aliphatic hydroxyl groups is 1. The quantitative estimate of drug-likeness (QED) is 0.798. The first-order chi connectivity index (χ1) is 7.04. The van der Waals surface area contributed by atoms with Crippen LogP contribution in [0.15, 0.2) is 30.4 Å². The first-order valence-corrected chi connectivity index (χ1v) is 5.08. The van der Waals surface area contributed by atoms with Crippen molar-refractivity contribution in [2.24, 2.45) is 0 Å². The van der Waals surface area contributed by atoms with E-state index in [2.05, 4.69) is 6.58 Å². The van der Waals surface area contributed by atoms with Gasteiger partial charge in [0.1, 0.15) is 5.75 Å². The number of benzene rings is 1. The van der Waals surface area contributed by atoms with Crippen LogP contribution >= 0.6 is 11.6 Å². The van der Waals surface area contributed by atoms with Gasteiger partial charge in [-0.15, -0.1) is 6.58 Å². The van der Waals surface area contributed by atoms with Gasteiger partial charge < -0.3 is 9.84 Å². The maximum absolute atomic E-state index is 9.91. The lowest BCUT2D eigenvalue weighted by Gasteiger charge is -2.14. The molecule has 0 heterocycles. The number of methoxy groups -OCH3 is 1. The van der Waals surface area contributed by atoms with Crippen LogP contribution in [0.4, 0.5) is 0 Å². The van der Waals surface area contributed by atoms with Crippen LogP contribution in [-0.2, 0) is 0 Å². The molecule has 0 fully saturated rings. The van der Waals surface area contributed by atoms with Crippen LogP contribution in [0.25, 0.3) is 0 Å². The lowest BCUT2D eigenvalue weighted by molar-refractivity contribution is 0.174. The van der Waals surface area contributed by atoms with E-state index in [0.29, 0.717) is 17.2 Å². The first kappa shape index (κ1) is 12.1. The van der Waals surface area contributed by atoms with Crippen LogP contribution < -0.4 is 4.74 Å². The van der Waals surface area contributed by atoms with E-state index < -0.39 is 6.10 Å². The SMILES string of the molecule is C=C(C)CC(O)c1ccc(Cl)cc1OC. The normalized spacial score (nSPS) is 12.3. The van der Waals surface area contributed by atoms with E-state index in [4.69, 9.17) is 16.3 Å². The highest BCUT2D eigenvalue weighted by atomic mass is 35.5. The third-order valence-electron chi connectivity index (χ3n) is 2.10. The molecule has 0 amide bonds. The summed E-state index contributed by atoms with van der Waals surface area (Å²) < 4.78 is 5.15. The summed E-state index contributed by atoms with van der Waals surface area (Å²) in [5.74, 6) is 0.608. The number of ether oxygens (including phenoxy) is 1. The summed E-state index contributed by atoms with van der Waals surface area (Å²) in [4.78, 5) is 0. The molecule has 0 bridgehead atoms. The largest absolute Gasteiger partial charge is 0.496 e. The van der Waals surface area contributed by atoms with Crippen molar-refractivity contribution in [3.63, 3.8) is 0 Å². The monoisotopic (exact) mass is 226 g/mol. The molecule has 15 heavy (non-hydrogen) atoms. The van der Waals surface area contributed by atoms with E-state index in [0.717, 1.165) is 11.1 Å². The van der Waals surface area contributed by atoms with Crippen molar-refractivity contribution < 1.29 is 9.84 Å². The summed E-state index contributed by atoms with van der Waals surface area (Å²) in [5, 5.41) is 10.5. The summed E-state index contributed by atoms with van der Waals surface area (Å²) in [5.41, 5.74) is 1.67. The summed E-state index contributed by atoms with van der Waals surface area (Å²) >= 11 is 5.83. The second-order valence-electron chi connectivity index (χ2n) is 3.56. The second kappa shape index (κ2) is 5.19. The van der Waals surface area contributed by atoms with Crippen molar-refractivity contribution in [1.82, 2.24) is 0 Å². The fraction of sp³-hybridized carbons (Fsp3) is 0.333. The number of rotatable bonds is 4. The molecule has 1 aromatic carbocycles. The fourth-order valence-electron chi connectivity index (χ4n) is 1.40. The minimum atomic E-state index is -0.588. The van der Waals surface area contributed by atoms with E-state index in [1.54, 1.807) is 25.3 Å². The minimum Gasteiger partial charge on any atom is -0.496 e. The van der Waals surface area contributed by atoms with Gasteiger partial charge in [-0.1, -0.05) is 23.2 Å². The van der Waals surface area contributed by atoms with Crippen molar-refractivity contribution in [2.75, 3.05) is 7.11 Å². The Morgan fingerprint density at radius 1 is 1.60 bits per heavy atom. The second-order valence-corrected chi connectivity index (χ2v) is 4.00. The Labute approximate surface area is 95.1 Å². The maximum Gasteiger partial charge on any atom is 0.126 e. The molecule has 1 rings (SSSR count). The van der Waals surface area contributed by atoms with Gasteiger partial charge >= 0.3 is 0 Å². The molecule has 1 unspecified atom stereocenters. The predicted octanol–water partition coefficient (Wildman–Crippen LogP) is 3.35. The van der Waals surface area contributed by atoms with Gasteiger partial charge in [-0.05, 0) is 25.5 Å². The molecule has 82 valence electrons. The Hall–Kier alpha value is -0.990. The summed E-state index contributed by atoms with van der Waals surface area (Å²) in [7, 11) is 1.56. The molecule has 1 atom stereocenters. The maximum atomic E-state index is 9.91. The van der Waals surface area contributed by atoms with Crippen LogP contribution in [0.3, 0.4) is 0 Å². The third kappa shape index (κ3) is 3.26. The molecule has 0 saturated heterocycles. The minimum absolute atomic E-state index is 0.526. The average molecular weight is 227 g/mol. The molecule has 0 aromatic heterocycles. The highest BCUT2D eigenvalue weighted by Crippen LogP contribution is 2.31. The first-order valence-electron chi connectivity index (χ1n) is 4.70. The zero-order valence-corrected chi connectivity index (χ0v) is 9.71. The molecule has 0 saturated carbocycles. The van der Waals surface area contributed by atoms with Crippen molar-refractivity contribution in [3.8, 4) is 5.75 Å². The molecule has 0 radical (unpaired) electrons.